The summed E-state index contributed by atoms with van der Waals surface area (Å²) in [6.07, 6.45) is -3.79. The summed E-state index contributed by atoms with van der Waals surface area (Å²) in [5.41, 5.74) is -1.68. The first-order chi connectivity index (χ1) is 10.7. The van der Waals surface area contributed by atoms with Crippen molar-refractivity contribution in [1.82, 2.24) is 4.90 Å². The van der Waals surface area contributed by atoms with Crippen molar-refractivity contribution < 1.29 is 32.3 Å². The minimum atomic E-state index is -4.66. The number of nitrogens with zero attached hydrogens (tertiary/aromatic N) is 1. The molecule has 5 nitrogen and oxygen atoms in total. The van der Waals surface area contributed by atoms with E-state index in [4.69, 9.17) is 5.11 Å². The number of carboxylic acid groups (broad SMARTS) is 1. The van der Waals surface area contributed by atoms with Gasteiger partial charge in [0.05, 0.1) is 17.2 Å². The van der Waals surface area contributed by atoms with Crippen molar-refractivity contribution in [3.63, 3.8) is 0 Å². The topological polar surface area (TPSA) is 69.6 Å². The smallest absolute Gasteiger partial charge is 0.416 e. The zero-order valence-corrected chi connectivity index (χ0v) is 11.9. The number of benzene rings is 1. The van der Waals surface area contributed by atoms with Crippen LogP contribution in [0.3, 0.4) is 0 Å². The molecule has 1 aliphatic rings. The van der Waals surface area contributed by atoms with Crippen LogP contribution in [-0.4, -0.2) is 35.1 Å². The van der Waals surface area contributed by atoms with Gasteiger partial charge in [0.15, 0.2) is 0 Å². The van der Waals surface area contributed by atoms with Crippen molar-refractivity contribution in [2.75, 3.05) is 18.4 Å². The van der Waals surface area contributed by atoms with Crippen LogP contribution >= 0.6 is 0 Å². The van der Waals surface area contributed by atoms with Crippen LogP contribution in [-0.2, 0) is 11.0 Å². The summed E-state index contributed by atoms with van der Waals surface area (Å²) in [7, 11) is 0. The average molecular weight is 334 g/mol. The molecule has 2 rings (SSSR count). The molecule has 0 aliphatic carbocycles. The predicted octanol–water partition coefficient (Wildman–Crippen LogP) is 3.17. The molecule has 126 valence electrons. The van der Waals surface area contributed by atoms with Crippen LogP contribution in [0, 0.1) is 11.7 Å². The van der Waals surface area contributed by atoms with Crippen LogP contribution in [0.5, 0.6) is 0 Å². The Morgan fingerprint density at radius 3 is 2.61 bits per heavy atom. The minimum absolute atomic E-state index is 0.0677. The number of aliphatic carboxylic acids is 1. The minimum Gasteiger partial charge on any atom is -0.481 e. The highest BCUT2D eigenvalue weighted by molar-refractivity contribution is 5.90. The van der Waals surface area contributed by atoms with E-state index >= 15 is 0 Å². The molecule has 1 saturated heterocycles. The highest BCUT2D eigenvalue weighted by atomic mass is 19.4. The number of anilines is 1. The summed E-state index contributed by atoms with van der Waals surface area (Å²) in [6.45, 7) is 0.192. The number of piperidine rings is 1. The molecular weight excluding hydrogens is 320 g/mol. The average Bonchev–Trinajstić information content (AvgIpc) is 2.48. The van der Waals surface area contributed by atoms with Crippen LogP contribution in [0.2, 0.25) is 0 Å². The highest BCUT2D eigenvalue weighted by Crippen LogP contribution is 2.32. The predicted molar refractivity (Wildman–Crippen MR) is 72.4 cm³/mol. The lowest BCUT2D eigenvalue weighted by Crippen LogP contribution is -2.44. The summed E-state index contributed by atoms with van der Waals surface area (Å²) in [5.74, 6) is -2.79. The highest BCUT2D eigenvalue weighted by Gasteiger charge is 2.32. The van der Waals surface area contributed by atoms with Crippen LogP contribution in [0.4, 0.5) is 28.0 Å². The third-order valence-electron chi connectivity index (χ3n) is 3.59. The normalized spacial score (nSPS) is 18.6. The Morgan fingerprint density at radius 1 is 1.30 bits per heavy atom. The maximum atomic E-state index is 13.6. The number of carbonyl (C=O) groups is 2. The van der Waals surface area contributed by atoms with Crippen molar-refractivity contribution in [3.8, 4) is 0 Å². The molecule has 0 saturated carbocycles. The Balaban J connectivity index is 2.12. The molecule has 1 aromatic carbocycles. The molecule has 0 radical (unpaired) electrons. The maximum absolute atomic E-state index is 13.6. The third kappa shape index (κ3) is 4.11. The van der Waals surface area contributed by atoms with Crippen LogP contribution in [0.1, 0.15) is 18.4 Å². The van der Waals surface area contributed by atoms with Crippen LogP contribution < -0.4 is 5.32 Å². The second-order valence-electron chi connectivity index (χ2n) is 5.25. The lowest BCUT2D eigenvalue weighted by atomic mass is 9.99. The second-order valence-corrected chi connectivity index (χ2v) is 5.25. The zero-order chi connectivity index (χ0) is 17.2. The number of urea groups is 1. The van der Waals surface area contributed by atoms with Gasteiger partial charge in [-0.25, -0.2) is 9.18 Å². The number of alkyl halides is 3. The Hall–Kier alpha value is -2.32. The molecule has 2 amide bonds. The molecule has 1 atom stereocenters. The molecule has 2 N–H and O–H groups in total. The van der Waals surface area contributed by atoms with E-state index in [2.05, 4.69) is 5.32 Å². The fourth-order valence-corrected chi connectivity index (χ4v) is 2.35. The fraction of sp³-hybridized carbons (Fsp3) is 0.429. The van der Waals surface area contributed by atoms with Crippen LogP contribution in [0.15, 0.2) is 18.2 Å². The van der Waals surface area contributed by atoms with E-state index in [-0.39, 0.29) is 13.1 Å². The largest absolute Gasteiger partial charge is 0.481 e. The van der Waals surface area contributed by atoms with Gasteiger partial charge in [-0.1, -0.05) is 0 Å². The lowest BCUT2D eigenvalue weighted by Gasteiger charge is -2.30. The molecule has 9 heteroatoms. The number of likely N-dealkylation sites (tertiary alicyclic amines) is 1. The van der Waals surface area contributed by atoms with Gasteiger partial charge in [-0.3, -0.25) is 4.79 Å². The third-order valence-corrected chi connectivity index (χ3v) is 3.59. The first-order valence-electron chi connectivity index (χ1n) is 6.84. The van der Waals surface area contributed by atoms with Crippen molar-refractivity contribution in [1.29, 1.82) is 0 Å². The van der Waals surface area contributed by atoms with Gasteiger partial charge in [0.1, 0.15) is 5.82 Å². The van der Waals surface area contributed by atoms with E-state index in [1.54, 1.807) is 0 Å². The molecule has 1 aromatic rings. The lowest BCUT2D eigenvalue weighted by molar-refractivity contribution is -0.143. The standard InChI is InChI=1S/C14H14F4N2O3/c15-10-4-3-9(14(16,17)18)6-11(10)19-13(23)20-5-1-2-8(7-20)12(21)22/h3-4,6,8H,1-2,5,7H2,(H,19,23)(H,21,22). The van der Waals surface area contributed by atoms with E-state index in [1.165, 1.54) is 0 Å². The van der Waals surface area contributed by atoms with Crippen LogP contribution in [0.25, 0.3) is 0 Å². The van der Waals surface area contributed by atoms with Gasteiger partial charge in [0.25, 0.3) is 0 Å². The van der Waals surface area contributed by atoms with E-state index in [9.17, 15) is 27.2 Å². The van der Waals surface area contributed by atoms with E-state index < -0.39 is 41.2 Å². The van der Waals surface area contributed by atoms with Gasteiger partial charge >= 0.3 is 18.2 Å². The van der Waals surface area contributed by atoms with Crippen molar-refractivity contribution >= 4 is 17.7 Å². The van der Waals surface area contributed by atoms with E-state index in [0.717, 1.165) is 4.90 Å². The molecule has 1 unspecified atom stereocenters. The van der Waals surface area contributed by atoms with Gasteiger partial charge in [0.2, 0.25) is 0 Å². The number of amides is 2. The Morgan fingerprint density at radius 2 is 2.00 bits per heavy atom. The number of halogens is 4. The van der Waals surface area contributed by atoms with E-state index in [1.807, 2.05) is 0 Å². The molecule has 1 fully saturated rings. The SMILES string of the molecule is O=C(O)C1CCCN(C(=O)Nc2cc(C(F)(F)F)ccc2F)C1. The first-order valence-corrected chi connectivity index (χ1v) is 6.84. The monoisotopic (exact) mass is 334 g/mol. The van der Waals surface area contributed by atoms with Gasteiger partial charge in [0, 0.05) is 13.1 Å². The first kappa shape index (κ1) is 17.0. The molecule has 0 spiro atoms. The summed E-state index contributed by atoms with van der Waals surface area (Å²) < 4.78 is 51.5. The Bertz CT molecular complexity index is 619. The van der Waals surface area contributed by atoms with Gasteiger partial charge in [-0.15, -0.1) is 0 Å². The molecule has 0 aromatic heterocycles. The van der Waals surface area contributed by atoms with Gasteiger partial charge in [-0.05, 0) is 31.0 Å². The molecule has 1 aliphatic heterocycles. The number of rotatable bonds is 2. The quantitative estimate of drug-likeness (QED) is 0.816. The van der Waals surface area contributed by atoms with Gasteiger partial charge in [-0.2, -0.15) is 13.2 Å². The van der Waals surface area contributed by atoms with Gasteiger partial charge < -0.3 is 15.3 Å². The fourth-order valence-electron chi connectivity index (χ4n) is 2.35. The van der Waals surface area contributed by atoms with Crippen molar-refractivity contribution in [2.45, 2.75) is 19.0 Å². The zero-order valence-electron chi connectivity index (χ0n) is 11.9. The summed E-state index contributed by atoms with van der Waals surface area (Å²) in [4.78, 5) is 24.1. The Labute approximate surface area is 128 Å². The summed E-state index contributed by atoms with van der Waals surface area (Å²) in [5, 5.41) is 11.0. The molecular formula is C14H14F4N2O3. The van der Waals surface area contributed by atoms with E-state index in [0.29, 0.717) is 31.0 Å². The summed E-state index contributed by atoms with van der Waals surface area (Å²) >= 11 is 0. The Kier molecular flexibility index (Phi) is 4.76. The van der Waals surface area contributed by atoms with Crippen molar-refractivity contribution in [3.05, 3.63) is 29.6 Å². The number of nitrogens with one attached hydrogen (secondary N) is 1. The van der Waals surface area contributed by atoms with Crippen molar-refractivity contribution in [2.24, 2.45) is 5.92 Å². The molecule has 0 bridgehead atoms. The summed E-state index contributed by atoms with van der Waals surface area (Å²) in [6, 6.07) is 0.876. The maximum Gasteiger partial charge on any atom is 0.416 e. The molecule has 1 heterocycles. The number of carboxylic acids is 1. The molecule has 23 heavy (non-hydrogen) atoms. The number of hydrogen-bond acceptors (Lipinski definition) is 2. The second kappa shape index (κ2) is 6.43. The number of carbonyl (C=O) groups excluding carboxylic acids is 1. The number of hydrogen-bond donors (Lipinski definition) is 2.